The Balaban J connectivity index is 1.77. The van der Waals surface area contributed by atoms with E-state index < -0.39 is 5.56 Å². The van der Waals surface area contributed by atoms with Crippen LogP contribution < -0.4 is 20.4 Å². The lowest BCUT2D eigenvalue weighted by atomic mass is 10.1. The Kier molecular flexibility index (Phi) is 5.49. The first-order valence-corrected chi connectivity index (χ1v) is 9.88. The number of hydrogen-bond donors (Lipinski definition) is 0. The third-order valence-electron chi connectivity index (χ3n) is 4.30. The number of benzene rings is 2. The van der Waals surface area contributed by atoms with Gasteiger partial charge in [0.15, 0.2) is 0 Å². The first-order valence-electron chi connectivity index (χ1n) is 9.07. The van der Waals surface area contributed by atoms with Gasteiger partial charge >= 0.3 is 0 Å². The fraction of sp³-hybridized carbons (Fsp3) is 0.0909. The molecular formula is C22H16FN3O3S. The van der Waals surface area contributed by atoms with Crippen LogP contribution in [-0.4, -0.2) is 21.2 Å². The van der Waals surface area contributed by atoms with Gasteiger partial charge < -0.3 is 4.74 Å². The second-order valence-electron chi connectivity index (χ2n) is 6.41. The van der Waals surface area contributed by atoms with Gasteiger partial charge in [0.2, 0.25) is 4.96 Å². The van der Waals surface area contributed by atoms with Crippen molar-refractivity contribution in [3.05, 3.63) is 109 Å². The summed E-state index contributed by atoms with van der Waals surface area (Å²) in [5.41, 5.74) is 0.654. The average molecular weight is 421 g/mol. The number of halogens is 1. The summed E-state index contributed by atoms with van der Waals surface area (Å²) in [6.45, 7) is 3.97. The maximum Gasteiger partial charge on any atom is 0.296 e. The Labute approximate surface area is 174 Å². The van der Waals surface area contributed by atoms with Gasteiger partial charge in [0.05, 0.1) is 4.53 Å². The molecule has 8 heteroatoms. The van der Waals surface area contributed by atoms with Crippen molar-refractivity contribution in [2.75, 3.05) is 6.61 Å². The average Bonchev–Trinajstić information content (AvgIpc) is 3.04. The monoisotopic (exact) mass is 421 g/mol. The molecule has 4 rings (SSSR count). The van der Waals surface area contributed by atoms with E-state index in [0.717, 1.165) is 21.4 Å². The van der Waals surface area contributed by atoms with Crippen LogP contribution in [0.15, 0.2) is 70.8 Å². The number of nitrogens with zero attached hydrogens (tertiary/aromatic N) is 3. The number of ether oxygens (including phenoxy) is 1. The van der Waals surface area contributed by atoms with Crippen LogP contribution >= 0.6 is 11.3 Å². The Morgan fingerprint density at radius 2 is 1.90 bits per heavy atom. The van der Waals surface area contributed by atoms with Gasteiger partial charge in [0.25, 0.3) is 11.1 Å². The molecule has 30 heavy (non-hydrogen) atoms. The van der Waals surface area contributed by atoms with Crippen LogP contribution in [-0.2, 0) is 6.42 Å². The van der Waals surface area contributed by atoms with E-state index in [-0.39, 0.29) is 28.5 Å². The summed E-state index contributed by atoms with van der Waals surface area (Å²) in [6.07, 6.45) is 3.48. The molecule has 0 bridgehead atoms. The maximum absolute atomic E-state index is 13.1. The van der Waals surface area contributed by atoms with Gasteiger partial charge in [-0.3, -0.25) is 9.59 Å². The van der Waals surface area contributed by atoms with Gasteiger partial charge in [0.1, 0.15) is 23.9 Å². The highest BCUT2D eigenvalue weighted by atomic mass is 32.1. The Hall–Kier alpha value is -3.65. The minimum absolute atomic E-state index is 0.121. The number of para-hydroxylation sites is 1. The third-order valence-corrected chi connectivity index (χ3v) is 5.26. The van der Waals surface area contributed by atoms with Crippen LogP contribution in [0.5, 0.6) is 5.75 Å². The largest absolute Gasteiger partial charge is 0.489 e. The smallest absolute Gasteiger partial charge is 0.296 e. The zero-order chi connectivity index (χ0) is 21.1. The van der Waals surface area contributed by atoms with Crippen molar-refractivity contribution in [1.82, 2.24) is 14.6 Å². The van der Waals surface area contributed by atoms with Gasteiger partial charge in [-0.1, -0.05) is 54.3 Å². The zero-order valence-electron chi connectivity index (χ0n) is 15.7. The van der Waals surface area contributed by atoms with Gasteiger partial charge in [-0.25, -0.2) is 4.39 Å². The molecule has 0 unspecified atom stereocenters. The lowest BCUT2D eigenvalue weighted by molar-refractivity contribution is 0.362. The summed E-state index contributed by atoms with van der Waals surface area (Å²) >= 11 is 1.08. The molecule has 2 aromatic carbocycles. The molecule has 2 heterocycles. The van der Waals surface area contributed by atoms with Crippen LogP contribution in [0.4, 0.5) is 4.39 Å². The molecule has 0 spiro atoms. The zero-order valence-corrected chi connectivity index (χ0v) is 16.6. The Morgan fingerprint density at radius 1 is 1.13 bits per heavy atom. The summed E-state index contributed by atoms with van der Waals surface area (Å²) in [5.74, 6) is 0.246. The van der Waals surface area contributed by atoms with E-state index in [1.807, 2.05) is 18.2 Å². The van der Waals surface area contributed by atoms with Crippen molar-refractivity contribution in [3.8, 4) is 5.75 Å². The van der Waals surface area contributed by atoms with Gasteiger partial charge in [0, 0.05) is 12.0 Å². The van der Waals surface area contributed by atoms with Crippen molar-refractivity contribution in [3.63, 3.8) is 0 Å². The van der Waals surface area contributed by atoms with E-state index in [1.54, 1.807) is 30.4 Å². The van der Waals surface area contributed by atoms with Crippen LogP contribution in [0, 0.1) is 5.82 Å². The highest BCUT2D eigenvalue weighted by Gasteiger charge is 2.12. The summed E-state index contributed by atoms with van der Waals surface area (Å²) in [4.78, 5) is 29.4. The number of aromatic nitrogens is 3. The highest BCUT2D eigenvalue weighted by molar-refractivity contribution is 7.15. The van der Waals surface area contributed by atoms with Gasteiger partial charge in [-0.2, -0.15) is 14.6 Å². The molecule has 4 aromatic rings. The van der Waals surface area contributed by atoms with E-state index in [4.69, 9.17) is 4.74 Å². The molecule has 0 radical (unpaired) electrons. The van der Waals surface area contributed by atoms with Gasteiger partial charge in [-0.05, 0) is 29.8 Å². The minimum Gasteiger partial charge on any atom is -0.489 e. The molecule has 150 valence electrons. The van der Waals surface area contributed by atoms with E-state index in [2.05, 4.69) is 16.7 Å². The van der Waals surface area contributed by atoms with E-state index in [0.29, 0.717) is 22.5 Å². The summed E-state index contributed by atoms with van der Waals surface area (Å²) in [5, 5.41) is 4.21. The second kappa shape index (κ2) is 8.38. The van der Waals surface area contributed by atoms with Crippen molar-refractivity contribution in [2.45, 2.75) is 6.42 Å². The molecular weight excluding hydrogens is 405 g/mol. The molecule has 0 aliphatic rings. The molecule has 6 nitrogen and oxygen atoms in total. The molecule has 0 N–H and O–H groups in total. The standard InChI is InChI=1S/C22H16FN3O3S/c1-2-11-29-18-6-4-3-5-15(18)13-19-21(28)26-22(30-19)24-20(27)17(25-26)12-14-7-9-16(23)10-8-14/h2-10,13H,1,11-12H2/b19-13+. The molecule has 0 atom stereocenters. The lowest BCUT2D eigenvalue weighted by Crippen LogP contribution is -2.28. The molecule has 0 amide bonds. The number of fused-ring (bicyclic) bond motifs is 1. The first kappa shape index (κ1) is 19.7. The molecule has 0 saturated heterocycles. The molecule has 2 aromatic heterocycles. The van der Waals surface area contributed by atoms with E-state index >= 15 is 0 Å². The fourth-order valence-corrected chi connectivity index (χ4v) is 3.76. The number of hydrogen-bond acceptors (Lipinski definition) is 6. The van der Waals surface area contributed by atoms with E-state index in [1.165, 1.54) is 12.1 Å². The SMILES string of the molecule is C=CCOc1ccccc1/C=c1/sc2nc(=O)c(Cc3ccc(F)cc3)nn2c1=O. The fourth-order valence-electron chi connectivity index (χ4n) is 2.87. The summed E-state index contributed by atoms with van der Waals surface area (Å²) < 4.78 is 20.2. The summed E-state index contributed by atoms with van der Waals surface area (Å²) in [6, 6.07) is 13.0. The highest BCUT2D eigenvalue weighted by Crippen LogP contribution is 2.18. The molecule has 0 saturated carbocycles. The lowest BCUT2D eigenvalue weighted by Gasteiger charge is -2.05. The van der Waals surface area contributed by atoms with Crippen LogP contribution in [0.1, 0.15) is 16.8 Å². The third kappa shape index (κ3) is 4.04. The van der Waals surface area contributed by atoms with E-state index in [9.17, 15) is 14.0 Å². The van der Waals surface area contributed by atoms with Crippen molar-refractivity contribution in [1.29, 1.82) is 0 Å². The minimum atomic E-state index is -0.512. The quantitative estimate of drug-likeness (QED) is 0.447. The second-order valence-corrected chi connectivity index (χ2v) is 7.42. The summed E-state index contributed by atoms with van der Waals surface area (Å²) in [7, 11) is 0. The molecule has 0 fully saturated rings. The van der Waals surface area contributed by atoms with Crippen molar-refractivity contribution in [2.24, 2.45) is 0 Å². The molecule has 0 aliphatic heterocycles. The predicted octanol–water partition coefficient (Wildman–Crippen LogP) is 2.35. The topological polar surface area (TPSA) is 73.6 Å². The Bertz CT molecular complexity index is 1390. The maximum atomic E-state index is 13.1. The van der Waals surface area contributed by atoms with Crippen LogP contribution in [0.3, 0.4) is 0 Å². The number of thiazole rings is 1. The van der Waals surface area contributed by atoms with Crippen molar-refractivity contribution < 1.29 is 9.13 Å². The van der Waals surface area contributed by atoms with Crippen molar-refractivity contribution >= 4 is 22.4 Å². The normalized spacial score (nSPS) is 11.7. The number of rotatable bonds is 6. The van der Waals surface area contributed by atoms with Crippen LogP contribution in [0.25, 0.3) is 11.0 Å². The predicted molar refractivity (Wildman–Crippen MR) is 114 cm³/mol. The molecule has 0 aliphatic carbocycles. The van der Waals surface area contributed by atoms with Crippen LogP contribution in [0.2, 0.25) is 0 Å². The van der Waals surface area contributed by atoms with Gasteiger partial charge in [-0.15, -0.1) is 0 Å². The Morgan fingerprint density at radius 3 is 2.67 bits per heavy atom. The first-order chi connectivity index (χ1) is 14.5.